The Morgan fingerprint density at radius 1 is 1.53 bits per heavy atom. The third-order valence-corrected chi connectivity index (χ3v) is 2.32. The number of nitrogens with zero attached hydrogens (tertiary/aromatic N) is 3. The molecule has 1 aliphatic rings. The van der Waals surface area contributed by atoms with Crippen LogP contribution in [0, 0.1) is 0 Å². The molecule has 0 saturated heterocycles. The molecule has 2 rings (SSSR count). The van der Waals surface area contributed by atoms with Gasteiger partial charge in [0.25, 0.3) is 0 Å². The van der Waals surface area contributed by atoms with Gasteiger partial charge in [-0.3, -0.25) is 10.3 Å². The number of aromatic nitrogens is 2. The highest BCUT2D eigenvalue weighted by atomic mass is 16.6. The molecule has 0 unspecified atom stereocenters. The Morgan fingerprint density at radius 2 is 2.47 bits per heavy atom. The lowest BCUT2D eigenvalue weighted by Gasteiger charge is -2.26. The van der Waals surface area contributed by atoms with Gasteiger partial charge in [-0.2, -0.15) is 5.10 Å². The molecule has 0 aliphatic carbocycles. The molecule has 0 saturated carbocycles. The van der Waals surface area contributed by atoms with E-state index in [1.54, 1.807) is 13.3 Å². The van der Waals surface area contributed by atoms with Crippen LogP contribution in [0.5, 0.6) is 0 Å². The molecule has 1 N–H and O–H groups in total. The van der Waals surface area contributed by atoms with Gasteiger partial charge in [0, 0.05) is 31.4 Å². The summed E-state index contributed by atoms with van der Waals surface area (Å²) in [6, 6.07) is 3.87. The van der Waals surface area contributed by atoms with Crippen molar-refractivity contribution in [2.75, 3.05) is 25.1 Å². The third-order valence-electron chi connectivity index (χ3n) is 2.32. The van der Waals surface area contributed by atoms with Gasteiger partial charge in [-0.1, -0.05) is 0 Å². The van der Waals surface area contributed by atoms with E-state index in [2.05, 4.69) is 26.7 Å². The van der Waals surface area contributed by atoms with Gasteiger partial charge < -0.3 is 4.90 Å². The van der Waals surface area contributed by atoms with Crippen molar-refractivity contribution in [3.8, 4) is 0 Å². The summed E-state index contributed by atoms with van der Waals surface area (Å²) in [6.45, 7) is 1.77. The molecule has 15 heavy (non-hydrogen) atoms. The average Bonchev–Trinajstić information content (AvgIpc) is 2.32. The van der Waals surface area contributed by atoms with Gasteiger partial charge in [0.2, 0.25) is 0 Å². The van der Waals surface area contributed by atoms with Gasteiger partial charge in [-0.05, 0) is 18.2 Å². The topological polar surface area (TPSA) is 50.3 Å². The highest BCUT2D eigenvalue weighted by molar-refractivity contribution is 5.39. The Morgan fingerprint density at radius 3 is 3.07 bits per heavy atom. The molecule has 0 amide bonds. The van der Waals surface area contributed by atoms with Crippen LogP contribution in [0.2, 0.25) is 0 Å². The van der Waals surface area contributed by atoms with Gasteiger partial charge in [0.05, 0.1) is 7.11 Å². The maximum atomic E-state index is 4.86. The highest BCUT2D eigenvalue weighted by Gasteiger charge is 2.12. The van der Waals surface area contributed by atoms with Gasteiger partial charge in [0.1, 0.15) is 0 Å². The third kappa shape index (κ3) is 2.44. The molecule has 0 aromatic carbocycles. The van der Waals surface area contributed by atoms with Crippen LogP contribution < -0.4 is 10.4 Å². The van der Waals surface area contributed by atoms with Gasteiger partial charge >= 0.3 is 0 Å². The molecule has 1 aromatic rings. The maximum absolute atomic E-state index is 4.86. The van der Waals surface area contributed by atoms with Crippen LogP contribution in [-0.4, -0.2) is 30.4 Å². The summed E-state index contributed by atoms with van der Waals surface area (Å²) in [5.41, 5.74) is 3.98. The van der Waals surface area contributed by atoms with E-state index in [1.807, 2.05) is 12.1 Å². The molecule has 80 valence electrons. The van der Waals surface area contributed by atoms with E-state index in [9.17, 15) is 0 Å². The van der Waals surface area contributed by atoms with E-state index in [-0.39, 0.29) is 0 Å². The predicted octanol–water partition coefficient (Wildman–Crippen LogP) is 0.722. The first-order chi connectivity index (χ1) is 7.40. The summed E-state index contributed by atoms with van der Waals surface area (Å²) < 4.78 is 0. The minimum Gasteiger partial charge on any atom is -0.351 e. The van der Waals surface area contributed by atoms with Crippen molar-refractivity contribution >= 4 is 5.82 Å². The molecule has 1 aromatic heterocycles. The smallest absolute Gasteiger partial charge is 0.151 e. The molecule has 0 bridgehead atoms. The SMILES string of the molecule is CONC1=CCN(c2cccnn2)CC1. The Kier molecular flexibility index (Phi) is 3.14. The molecule has 0 atom stereocenters. The zero-order chi connectivity index (χ0) is 10.5. The molecule has 1 aliphatic heterocycles. The van der Waals surface area contributed by atoms with Crippen LogP contribution in [0.1, 0.15) is 6.42 Å². The predicted molar refractivity (Wildman–Crippen MR) is 57.1 cm³/mol. The first-order valence-corrected chi connectivity index (χ1v) is 4.91. The zero-order valence-corrected chi connectivity index (χ0v) is 8.68. The van der Waals surface area contributed by atoms with Crippen molar-refractivity contribution in [3.63, 3.8) is 0 Å². The summed E-state index contributed by atoms with van der Waals surface area (Å²) >= 11 is 0. The molecule has 2 heterocycles. The van der Waals surface area contributed by atoms with Crippen LogP contribution in [-0.2, 0) is 4.84 Å². The number of rotatable bonds is 3. The minimum absolute atomic E-state index is 0.838. The lowest BCUT2D eigenvalue weighted by atomic mass is 10.2. The van der Waals surface area contributed by atoms with E-state index in [0.717, 1.165) is 31.0 Å². The highest BCUT2D eigenvalue weighted by Crippen LogP contribution is 2.14. The fraction of sp³-hybridized carbons (Fsp3) is 0.400. The quantitative estimate of drug-likeness (QED) is 0.738. The van der Waals surface area contributed by atoms with Crippen LogP contribution in [0.15, 0.2) is 30.1 Å². The fourth-order valence-corrected chi connectivity index (χ4v) is 1.56. The van der Waals surface area contributed by atoms with Crippen LogP contribution in [0.3, 0.4) is 0 Å². The fourth-order valence-electron chi connectivity index (χ4n) is 1.56. The van der Waals surface area contributed by atoms with Gasteiger partial charge in [0.15, 0.2) is 5.82 Å². The zero-order valence-electron chi connectivity index (χ0n) is 8.68. The normalized spacial score (nSPS) is 16.1. The second-order valence-corrected chi connectivity index (χ2v) is 3.31. The van der Waals surface area contributed by atoms with Crippen LogP contribution >= 0.6 is 0 Å². The summed E-state index contributed by atoms with van der Waals surface area (Å²) in [6.07, 6.45) is 4.72. The Hall–Kier alpha value is -1.62. The van der Waals surface area contributed by atoms with E-state index in [4.69, 9.17) is 4.84 Å². The van der Waals surface area contributed by atoms with Crippen LogP contribution in [0.4, 0.5) is 5.82 Å². The summed E-state index contributed by atoms with van der Waals surface area (Å²) in [4.78, 5) is 7.03. The number of nitrogens with one attached hydrogen (secondary N) is 1. The van der Waals surface area contributed by atoms with E-state index < -0.39 is 0 Å². The van der Waals surface area contributed by atoms with Crippen molar-refractivity contribution in [2.24, 2.45) is 0 Å². The van der Waals surface area contributed by atoms with Crippen molar-refractivity contribution in [1.29, 1.82) is 0 Å². The number of hydroxylamine groups is 1. The molecular formula is C10H14N4O. The summed E-state index contributed by atoms with van der Waals surface area (Å²) in [5, 5.41) is 7.93. The molecule has 0 fully saturated rings. The van der Waals surface area contributed by atoms with Crippen molar-refractivity contribution in [2.45, 2.75) is 6.42 Å². The molecule has 5 heteroatoms. The van der Waals surface area contributed by atoms with Crippen molar-refractivity contribution in [3.05, 3.63) is 30.1 Å². The number of anilines is 1. The van der Waals surface area contributed by atoms with E-state index in [0.29, 0.717) is 0 Å². The second kappa shape index (κ2) is 4.75. The Bertz CT molecular complexity index is 339. The van der Waals surface area contributed by atoms with Crippen LogP contribution in [0.25, 0.3) is 0 Å². The maximum Gasteiger partial charge on any atom is 0.151 e. The lowest BCUT2D eigenvalue weighted by molar-refractivity contribution is 0.114. The first kappa shape index (κ1) is 9.92. The average molecular weight is 206 g/mol. The largest absolute Gasteiger partial charge is 0.351 e. The number of hydrogen-bond donors (Lipinski definition) is 1. The molecule has 5 nitrogen and oxygen atoms in total. The Balaban J connectivity index is 1.99. The van der Waals surface area contributed by atoms with Gasteiger partial charge in [-0.25, -0.2) is 0 Å². The minimum atomic E-state index is 0.838. The summed E-state index contributed by atoms with van der Waals surface area (Å²) in [5.74, 6) is 0.921. The molecule has 0 spiro atoms. The second-order valence-electron chi connectivity index (χ2n) is 3.31. The standard InChI is InChI=1S/C10H14N4O/c1-15-13-9-4-7-14(8-5-9)10-3-2-6-11-12-10/h2-4,6,13H,5,7-8H2,1H3. The van der Waals surface area contributed by atoms with E-state index in [1.165, 1.54) is 0 Å². The molecule has 0 radical (unpaired) electrons. The van der Waals surface area contributed by atoms with Crippen molar-refractivity contribution < 1.29 is 4.84 Å². The first-order valence-electron chi connectivity index (χ1n) is 4.91. The van der Waals surface area contributed by atoms with Crippen molar-refractivity contribution in [1.82, 2.24) is 15.7 Å². The lowest BCUT2D eigenvalue weighted by Crippen LogP contribution is -2.32. The Labute approximate surface area is 88.7 Å². The van der Waals surface area contributed by atoms with E-state index >= 15 is 0 Å². The molecular weight excluding hydrogens is 192 g/mol. The monoisotopic (exact) mass is 206 g/mol. The summed E-state index contributed by atoms with van der Waals surface area (Å²) in [7, 11) is 1.62. The number of hydrogen-bond acceptors (Lipinski definition) is 5. The van der Waals surface area contributed by atoms with Gasteiger partial charge in [-0.15, -0.1) is 5.10 Å².